The topological polar surface area (TPSA) is 45.9 Å². The van der Waals surface area contributed by atoms with Gasteiger partial charge in [0.15, 0.2) is 0 Å². The number of methoxy groups -OCH3 is 1. The van der Waals surface area contributed by atoms with Crippen LogP contribution in [0.15, 0.2) is 90.1 Å². The van der Waals surface area contributed by atoms with Crippen LogP contribution >= 0.6 is 0 Å². The molecule has 0 radical (unpaired) electrons. The Bertz CT molecular complexity index is 952. The van der Waals surface area contributed by atoms with Gasteiger partial charge in [-0.3, -0.25) is 4.90 Å². The highest BCUT2D eigenvalue weighted by molar-refractivity contribution is 5.95. The Morgan fingerprint density at radius 1 is 1.07 bits per heavy atom. The van der Waals surface area contributed by atoms with Crippen molar-refractivity contribution in [3.63, 3.8) is 0 Å². The molecule has 5 heteroatoms. The molecule has 2 amide bonds. The van der Waals surface area contributed by atoms with Crippen LogP contribution in [0, 0.1) is 0 Å². The Balaban J connectivity index is 1.76. The lowest BCUT2D eigenvalue weighted by atomic mass is 10.0. The average molecular weight is 388 g/mol. The van der Waals surface area contributed by atoms with E-state index in [4.69, 9.17) is 9.15 Å². The maximum atomic E-state index is 13.6. The number of nitrogens with zero attached hydrogens (tertiary/aromatic N) is 2. The fraction of sp³-hybridized carbons (Fsp3) is 0.208. The van der Waals surface area contributed by atoms with Crippen LogP contribution in [-0.2, 0) is 6.54 Å². The lowest BCUT2D eigenvalue weighted by Gasteiger charge is -2.26. The lowest BCUT2D eigenvalue weighted by Crippen LogP contribution is -2.34. The van der Waals surface area contributed by atoms with E-state index in [2.05, 4.69) is 6.58 Å². The van der Waals surface area contributed by atoms with Gasteiger partial charge in [-0.15, -0.1) is 6.58 Å². The SMILES string of the molecule is C=CC[C@@H]1[C@@H](c2ccco2)N(c2ccc(OC)cc2)C(=O)N1Cc1ccccc1. The van der Waals surface area contributed by atoms with Crippen LogP contribution in [0.2, 0.25) is 0 Å². The number of amides is 2. The van der Waals surface area contributed by atoms with Crippen molar-refractivity contribution in [2.24, 2.45) is 0 Å². The summed E-state index contributed by atoms with van der Waals surface area (Å²) in [6.07, 6.45) is 4.18. The van der Waals surface area contributed by atoms with Crippen molar-refractivity contribution in [2.75, 3.05) is 12.0 Å². The number of furan rings is 1. The van der Waals surface area contributed by atoms with Gasteiger partial charge >= 0.3 is 6.03 Å². The third kappa shape index (κ3) is 3.63. The highest BCUT2D eigenvalue weighted by atomic mass is 16.5. The van der Waals surface area contributed by atoms with Gasteiger partial charge in [0, 0.05) is 12.2 Å². The highest BCUT2D eigenvalue weighted by Gasteiger charge is 2.47. The van der Waals surface area contributed by atoms with Crippen LogP contribution in [0.1, 0.15) is 23.8 Å². The van der Waals surface area contributed by atoms with Crippen molar-refractivity contribution in [2.45, 2.75) is 25.0 Å². The summed E-state index contributed by atoms with van der Waals surface area (Å²) < 4.78 is 11.0. The first kappa shape index (κ1) is 18.9. The molecule has 3 aromatic rings. The second kappa shape index (κ2) is 8.27. The molecule has 0 bridgehead atoms. The fourth-order valence-electron chi connectivity index (χ4n) is 3.92. The largest absolute Gasteiger partial charge is 0.497 e. The van der Waals surface area contributed by atoms with Crippen LogP contribution in [-0.4, -0.2) is 24.1 Å². The minimum atomic E-state index is -0.243. The number of urea groups is 1. The molecule has 0 spiro atoms. The molecule has 2 atom stereocenters. The maximum Gasteiger partial charge on any atom is 0.325 e. The molecule has 1 fully saturated rings. The van der Waals surface area contributed by atoms with E-state index in [1.54, 1.807) is 13.4 Å². The smallest absolute Gasteiger partial charge is 0.325 e. The van der Waals surface area contributed by atoms with Gasteiger partial charge in [0.25, 0.3) is 0 Å². The van der Waals surface area contributed by atoms with E-state index < -0.39 is 0 Å². The fourth-order valence-corrected chi connectivity index (χ4v) is 3.92. The molecule has 1 aromatic heterocycles. The Labute approximate surface area is 170 Å². The predicted molar refractivity (Wildman–Crippen MR) is 113 cm³/mol. The Kier molecular flexibility index (Phi) is 5.38. The molecule has 0 unspecified atom stereocenters. The number of carbonyl (C=O) groups excluding carboxylic acids is 1. The Morgan fingerprint density at radius 2 is 1.83 bits per heavy atom. The van der Waals surface area contributed by atoms with Gasteiger partial charge in [-0.1, -0.05) is 36.4 Å². The van der Waals surface area contributed by atoms with Crippen molar-refractivity contribution < 1.29 is 13.9 Å². The van der Waals surface area contributed by atoms with E-state index in [0.717, 1.165) is 22.8 Å². The number of carbonyl (C=O) groups is 1. The van der Waals surface area contributed by atoms with Gasteiger partial charge in [-0.25, -0.2) is 4.79 Å². The molecule has 29 heavy (non-hydrogen) atoms. The summed E-state index contributed by atoms with van der Waals surface area (Å²) in [6, 6.07) is 21.0. The predicted octanol–water partition coefficient (Wildman–Crippen LogP) is 5.42. The first-order valence-corrected chi connectivity index (χ1v) is 9.65. The minimum absolute atomic E-state index is 0.0488. The van der Waals surface area contributed by atoms with E-state index in [9.17, 15) is 4.79 Å². The number of ether oxygens (including phenoxy) is 1. The Hall–Kier alpha value is -3.47. The van der Waals surface area contributed by atoms with Crippen LogP contribution in [0.25, 0.3) is 0 Å². The quantitative estimate of drug-likeness (QED) is 0.508. The summed E-state index contributed by atoms with van der Waals surface area (Å²) in [5.41, 5.74) is 1.89. The summed E-state index contributed by atoms with van der Waals surface area (Å²) in [7, 11) is 1.63. The second-order valence-corrected chi connectivity index (χ2v) is 7.02. The molecule has 0 N–H and O–H groups in total. The third-order valence-electron chi connectivity index (χ3n) is 5.28. The number of rotatable bonds is 7. The van der Waals surface area contributed by atoms with E-state index in [0.29, 0.717) is 13.0 Å². The highest BCUT2D eigenvalue weighted by Crippen LogP contribution is 2.41. The van der Waals surface area contributed by atoms with Crippen molar-refractivity contribution in [3.8, 4) is 5.75 Å². The second-order valence-electron chi connectivity index (χ2n) is 7.02. The van der Waals surface area contributed by atoms with Crippen molar-refractivity contribution in [1.29, 1.82) is 0 Å². The Morgan fingerprint density at radius 3 is 2.45 bits per heavy atom. The molecule has 1 aliphatic heterocycles. The number of hydrogen-bond donors (Lipinski definition) is 0. The summed E-state index contributed by atoms with van der Waals surface area (Å²) in [5, 5.41) is 0. The zero-order valence-electron chi connectivity index (χ0n) is 16.4. The van der Waals surface area contributed by atoms with E-state index in [-0.39, 0.29) is 18.1 Å². The molecular weight excluding hydrogens is 364 g/mol. The van der Waals surface area contributed by atoms with Gasteiger partial charge in [-0.2, -0.15) is 0 Å². The van der Waals surface area contributed by atoms with Crippen molar-refractivity contribution in [1.82, 2.24) is 4.90 Å². The molecule has 148 valence electrons. The van der Waals surface area contributed by atoms with Gasteiger partial charge in [-0.05, 0) is 48.4 Å². The number of benzene rings is 2. The van der Waals surface area contributed by atoms with E-state index >= 15 is 0 Å². The van der Waals surface area contributed by atoms with Crippen LogP contribution in [0.5, 0.6) is 5.75 Å². The summed E-state index contributed by atoms with van der Waals surface area (Å²) in [5.74, 6) is 1.51. The molecule has 2 aromatic carbocycles. The third-order valence-corrected chi connectivity index (χ3v) is 5.28. The minimum Gasteiger partial charge on any atom is -0.497 e. The zero-order valence-corrected chi connectivity index (χ0v) is 16.4. The van der Waals surface area contributed by atoms with Crippen LogP contribution in [0.4, 0.5) is 10.5 Å². The molecule has 1 aliphatic rings. The van der Waals surface area contributed by atoms with Gasteiger partial charge in [0.2, 0.25) is 0 Å². The zero-order chi connectivity index (χ0) is 20.2. The van der Waals surface area contributed by atoms with Gasteiger partial charge < -0.3 is 14.1 Å². The van der Waals surface area contributed by atoms with Crippen LogP contribution < -0.4 is 9.64 Å². The lowest BCUT2D eigenvalue weighted by molar-refractivity contribution is 0.198. The molecule has 1 saturated heterocycles. The van der Waals surface area contributed by atoms with Crippen molar-refractivity contribution in [3.05, 3.63) is 97.0 Å². The molecule has 4 rings (SSSR count). The number of hydrogen-bond acceptors (Lipinski definition) is 3. The molecular formula is C24H24N2O3. The van der Waals surface area contributed by atoms with E-state index in [1.165, 1.54) is 0 Å². The van der Waals surface area contributed by atoms with Gasteiger partial charge in [0.05, 0.1) is 19.4 Å². The standard InChI is InChI=1S/C24H24N2O3/c1-3-8-21-23(22-11-7-16-29-22)26(19-12-14-20(28-2)15-13-19)24(27)25(21)17-18-9-5-4-6-10-18/h3-7,9-16,21,23H,1,8,17H2,2H3/t21-,23+/m1/s1. The maximum absolute atomic E-state index is 13.6. The van der Waals surface area contributed by atoms with Crippen molar-refractivity contribution >= 4 is 11.7 Å². The first-order chi connectivity index (χ1) is 14.2. The molecule has 0 aliphatic carbocycles. The molecule has 2 heterocycles. The summed E-state index contributed by atoms with van der Waals surface area (Å²) >= 11 is 0. The van der Waals surface area contributed by atoms with Gasteiger partial charge in [0.1, 0.15) is 17.6 Å². The monoisotopic (exact) mass is 388 g/mol. The summed E-state index contributed by atoms with van der Waals surface area (Å²) in [6.45, 7) is 4.45. The first-order valence-electron chi connectivity index (χ1n) is 9.65. The average Bonchev–Trinajstić information content (AvgIpc) is 3.37. The summed E-state index contributed by atoms with van der Waals surface area (Å²) in [4.78, 5) is 17.3. The van der Waals surface area contributed by atoms with Crippen LogP contribution in [0.3, 0.4) is 0 Å². The van der Waals surface area contributed by atoms with E-state index in [1.807, 2.05) is 82.6 Å². The normalized spacial score (nSPS) is 18.9. The molecule has 0 saturated carbocycles. The number of anilines is 1. The molecule has 5 nitrogen and oxygen atoms in total.